The van der Waals surface area contributed by atoms with E-state index in [1.807, 2.05) is 24.3 Å². The van der Waals surface area contributed by atoms with Crippen LogP contribution in [0.1, 0.15) is 19.8 Å². The minimum Gasteiger partial charge on any atom is -0.491 e. The van der Waals surface area contributed by atoms with Crippen molar-refractivity contribution in [3.63, 3.8) is 0 Å². The second kappa shape index (κ2) is 12.3. The van der Waals surface area contributed by atoms with Crippen molar-refractivity contribution < 1.29 is 14.2 Å². The number of rotatable bonds is 11. The zero-order valence-electron chi connectivity index (χ0n) is 17.4. The topological polar surface area (TPSA) is 64.1 Å². The number of fused-ring (bicyclic) bond motifs is 1. The minimum atomic E-state index is 0.569. The van der Waals surface area contributed by atoms with Gasteiger partial charge in [-0.2, -0.15) is 0 Å². The molecule has 0 spiro atoms. The SMILES string of the molecule is CCNC(=NCCCOCC1CCOC1)NCCOc1cccc2ccccc12. The van der Waals surface area contributed by atoms with E-state index in [2.05, 4.69) is 40.7 Å². The maximum Gasteiger partial charge on any atom is 0.191 e. The van der Waals surface area contributed by atoms with Gasteiger partial charge in [-0.3, -0.25) is 4.99 Å². The van der Waals surface area contributed by atoms with Gasteiger partial charge in [0.15, 0.2) is 5.96 Å². The highest BCUT2D eigenvalue weighted by Crippen LogP contribution is 2.24. The standard InChI is InChI=1S/C23H33N3O3/c1-2-24-23(25-12-6-14-27-17-19-11-15-28-18-19)26-13-16-29-22-10-5-8-20-7-3-4-9-21(20)22/h3-5,7-10,19H,2,6,11-18H2,1H3,(H2,24,25,26). The zero-order valence-corrected chi connectivity index (χ0v) is 17.4. The number of nitrogens with zero attached hydrogens (tertiary/aromatic N) is 1. The summed E-state index contributed by atoms with van der Waals surface area (Å²) < 4.78 is 17.1. The van der Waals surface area contributed by atoms with Crippen molar-refractivity contribution in [2.75, 3.05) is 52.7 Å². The summed E-state index contributed by atoms with van der Waals surface area (Å²) in [6.07, 6.45) is 2.03. The Balaban J connectivity index is 1.34. The van der Waals surface area contributed by atoms with Crippen LogP contribution in [0.2, 0.25) is 0 Å². The Morgan fingerprint density at radius 3 is 2.90 bits per heavy atom. The fraction of sp³-hybridized carbons (Fsp3) is 0.522. The molecule has 2 N–H and O–H groups in total. The lowest BCUT2D eigenvalue weighted by Crippen LogP contribution is -2.39. The first-order chi connectivity index (χ1) is 14.4. The zero-order chi connectivity index (χ0) is 20.2. The number of benzene rings is 2. The molecule has 6 nitrogen and oxygen atoms in total. The van der Waals surface area contributed by atoms with Crippen LogP contribution in [0.3, 0.4) is 0 Å². The maximum absolute atomic E-state index is 5.98. The number of aliphatic imine (C=N–C) groups is 1. The molecule has 1 fully saturated rings. The molecular weight excluding hydrogens is 366 g/mol. The van der Waals surface area contributed by atoms with E-state index in [-0.39, 0.29) is 0 Å². The van der Waals surface area contributed by atoms with Crippen LogP contribution in [0, 0.1) is 5.92 Å². The predicted molar refractivity (Wildman–Crippen MR) is 118 cm³/mol. The van der Waals surface area contributed by atoms with Crippen molar-refractivity contribution in [1.29, 1.82) is 0 Å². The van der Waals surface area contributed by atoms with E-state index in [4.69, 9.17) is 14.2 Å². The molecule has 158 valence electrons. The van der Waals surface area contributed by atoms with E-state index in [1.54, 1.807) is 0 Å². The van der Waals surface area contributed by atoms with Gasteiger partial charge < -0.3 is 24.8 Å². The fourth-order valence-corrected chi connectivity index (χ4v) is 3.32. The first-order valence-electron chi connectivity index (χ1n) is 10.6. The van der Waals surface area contributed by atoms with Crippen molar-refractivity contribution in [2.45, 2.75) is 19.8 Å². The molecule has 6 heteroatoms. The number of hydrogen-bond acceptors (Lipinski definition) is 4. The maximum atomic E-state index is 5.98. The van der Waals surface area contributed by atoms with Crippen LogP contribution in [0.5, 0.6) is 5.75 Å². The number of guanidine groups is 1. The van der Waals surface area contributed by atoms with Gasteiger partial charge >= 0.3 is 0 Å². The third-order valence-electron chi connectivity index (χ3n) is 4.84. The molecule has 1 aliphatic rings. The van der Waals surface area contributed by atoms with Gasteiger partial charge in [0.2, 0.25) is 0 Å². The van der Waals surface area contributed by atoms with Crippen LogP contribution in [0.25, 0.3) is 10.8 Å². The lowest BCUT2D eigenvalue weighted by molar-refractivity contribution is 0.0893. The van der Waals surface area contributed by atoms with Crippen molar-refractivity contribution in [2.24, 2.45) is 10.9 Å². The molecule has 29 heavy (non-hydrogen) atoms. The average Bonchev–Trinajstić information content (AvgIpc) is 3.27. The second-order valence-corrected chi connectivity index (χ2v) is 7.17. The van der Waals surface area contributed by atoms with Crippen LogP contribution >= 0.6 is 0 Å². The largest absolute Gasteiger partial charge is 0.491 e. The summed E-state index contributed by atoms with van der Waals surface area (Å²) in [4.78, 5) is 4.61. The van der Waals surface area contributed by atoms with E-state index in [0.29, 0.717) is 19.1 Å². The number of hydrogen-bond donors (Lipinski definition) is 2. The molecule has 1 aliphatic heterocycles. The Labute approximate surface area is 173 Å². The van der Waals surface area contributed by atoms with E-state index in [0.717, 1.165) is 69.5 Å². The molecule has 0 saturated carbocycles. The van der Waals surface area contributed by atoms with Crippen LogP contribution in [-0.4, -0.2) is 58.6 Å². The highest BCUT2D eigenvalue weighted by Gasteiger charge is 2.15. The Morgan fingerprint density at radius 2 is 2.03 bits per heavy atom. The van der Waals surface area contributed by atoms with Crippen LogP contribution in [0.4, 0.5) is 0 Å². The molecule has 0 aromatic heterocycles. The summed E-state index contributed by atoms with van der Waals surface area (Å²) >= 11 is 0. The Morgan fingerprint density at radius 1 is 1.14 bits per heavy atom. The summed E-state index contributed by atoms with van der Waals surface area (Å²) in [6, 6.07) is 14.4. The molecule has 1 saturated heterocycles. The third kappa shape index (κ3) is 7.22. The molecule has 2 aromatic carbocycles. The van der Waals surface area contributed by atoms with Crippen LogP contribution < -0.4 is 15.4 Å². The van der Waals surface area contributed by atoms with Crippen LogP contribution in [0.15, 0.2) is 47.5 Å². The van der Waals surface area contributed by atoms with Gasteiger partial charge in [-0.1, -0.05) is 36.4 Å². The van der Waals surface area contributed by atoms with Gasteiger partial charge in [-0.15, -0.1) is 0 Å². The minimum absolute atomic E-state index is 0.569. The van der Waals surface area contributed by atoms with Gasteiger partial charge in [-0.05, 0) is 31.2 Å². The van der Waals surface area contributed by atoms with Gasteiger partial charge in [0, 0.05) is 37.6 Å². The van der Waals surface area contributed by atoms with Gasteiger partial charge in [-0.25, -0.2) is 0 Å². The van der Waals surface area contributed by atoms with Gasteiger partial charge in [0.25, 0.3) is 0 Å². The van der Waals surface area contributed by atoms with Gasteiger partial charge in [0.1, 0.15) is 12.4 Å². The van der Waals surface area contributed by atoms with Crippen LogP contribution in [-0.2, 0) is 9.47 Å². The predicted octanol–water partition coefficient (Wildman–Crippen LogP) is 3.22. The average molecular weight is 400 g/mol. The second-order valence-electron chi connectivity index (χ2n) is 7.17. The smallest absolute Gasteiger partial charge is 0.191 e. The molecule has 1 unspecified atom stereocenters. The number of ether oxygens (including phenoxy) is 3. The molecule has 1 heterocycles. The molecule has 1 atom stereocenters. The summed E-state index contributed by atoms with van der Waals surface area (Å²) in [7, 11) is 0. The van der Waals surface area contributed by atoms with E-state index in [9.17, 15) is 0 Å². The molecular formula is C23H33N3O3. The summed E-state index contributed by atoms with van der Waals surface area (Å²) in [5.74, 6) is 2.30. The van der Waals surface area contributed by atoms with Crippen molar-refractivity contribution in [3.8, 4) is 5.75 Å². The summed E-state index contributed by atoms with van der Waals surface area (Å²) in [6.45, 7) is 8.15. The van der Waals surface area contributed by atoms with E-state index < -0.39 is 0 Å². The van der Waals surface area contributed by atoms with Gasteiger partial charge in [0.05, 0.1) is 19.8 Å². The molecule has 0 aliphatic carbocycles. The highest BCUT2D eigenvalue weighted by atomic mass is 16.5. The molecule has 3 rings (SSSR count). The lowest BCUT2D eigenvalue weighted by Gasteiger charge is -2.13. The van der Waals surface area contributed by atoms with E-state index in [1.165, 1.54) is 5.39 Å². The molecule has 0 radical (unpaired) electrons. The summed E-state index contributed by atoms with van der Waals surface area (Å²) in [5.41, 5.74) is 0. The Hall–Kier alpha value is -2.31. The Kier molecular flexibility index (Phi) is 9.07. The third-order valence-corrected chi connectivity index (χ3v) is 4.84. The first-order valence-corrected chi connectivity index (χ1v) is 10.6. The monoisotopic (exact) mass is 399 g/mol. The normalized spacial score (nSPS) is 16.9. The Bertz CT molecular complexity index is 755. The van der Waals surface area contributed by atoms with Crippen molar-refractivity contribution in [3.05, 3.63) is 42.5 Å². The lowest BCUT2D eigenvalue weighted by atomic mass is 10.1. The molecule has 2 aromatic rings. The molecule has 0 bridgehead atoms. The van der Waals surface area contributed by atoms with Crippen molar-refractivity contribution in [1.82, 2.24) is 10.6 Å². The van der Waals surface area contributed by atoms with Crippen molar-refractivity contribution >= 4 is 16.7 Å². The quantitative estimate of drug-likeness (QED) is 0.345. The fourth-order valence-electron chi connectivity index (χ4n) is 3.32. The summed E-state index contributed by atoms with van der Waals surface area (Å²) in [5, 5.41) is 8.93. The van der Waals surface area contributed by atoms with E-state index >= 15 is 0 Å². The molecule has 0 amide bonds. The number of nitrogens with one attached hydrogen (secondary N) is 2. The highest BCUT2D eigenvalue weighted by molar-refractivity contribution is 5.88. The first kappa shape index (κ1) is 21.4.